The van der Waals surface area contributed by atoms with Gasteiger partial charge in [-0.15, -0.1) is 0 Å². The highest BCUT2D eigenvalue weighted by molar-refractivity contribution is 14.1. The molecule has 0 saturated carbocycles. The fraction of sp³-hybridized carbons (Fsp3) is 0.647. The highest BCUT2D eigenvalue weighted by atomic mass is 127. The molecular weight excluding hydrogens is 501 g/mol. The SMILES string of the molecule is CC(C)C(=O)Nc1nc(N(C)C)c2ncn([C@@H]3O[C@](F)(CI)[C@@H](O)[C@@]3(C)F)c2n1. The van der Waals surface area contributed by atoms with E-state index in [9.17, 15) is 14.3 Å². The third kappa shape index (κ3) is 3.65. The Labute approximate surface area is 180 Å². The lowest BCUT2D eigenvalue weighted by molar-refractivity contribution is -0.167. The van der Waals surface area contributed by atoms with Crippen molar-refractivity contribution < 1.29 is 23.4 Å². The van der Waals surface area contributed by atoms with Gasteiger partial charge >= 0.3 is 0 Å². The van der Waals surface area contributed by atoms with Crippen LogP contribution in [0.1, 0.15) is 27.0 Å². The lowest BCUT2D eigenvalue weighted by Crippen LogP contribution is -2.45. The van der Waals surface area contributed by atoms with Crippen molar-refractivity contribution in [3.63, 3.8) is 0 Å². The van der Waals surface area contributed by atoms with Gasteiger partial charge in [0.2, 0.25) is 17.7 Å². The summed E-state index contributed by atoms with van der Waals surface area (Å²) < 4.78 is 36.4. The van der Waals surface area contributed by atoms with E-state index in [0.29, 0.717) is 11.3 Å². The van der Waals surface area contributed by atoms with Crippen molar-refractivity contribution in [1.29, 1.82) is 0 Å². The zero-order chi connectivity index (χ0) is 21.7. The minimum absolute atomic E-state index is 0.00107. The van der Waals surface area contributed by atoms with Gasteiger partial charge in [-0.1, -0.05) is 36.4 Å². The number of halogens is 3. The van der Waals surface area contributed by atoms with Gasteiger partial charge in [0, 0.05) is 20.0 Å². The third-order valence-corrected chi connectivity index (χ3v) is 5.79. The minimum Gasteiger partial charge on any atom is -0.384 e. The van der Waals surface area contributed by atoms with Crippen molar-refractivity contribution in [2.24, 2.45) is 5.92 Å². The Hall–Kier alpha value is -1.67. The van der Waals surface area contributed by atoms with Crippen LogP contribution in [0, 0.1) is 5.92 Å². The Morgan fingerprint density at radius 3 is 2.62 bits per heavy atom. The normalized spacial score (nSPS) is 29.6. The lowest BCUT2D eigenvalue weighted by atomic mass is 9.98. The summed E-state index contributed by atoms with van der Waals surface area (Å²) in [5.74, 6) is -2.78. The van der Waals surface area contributed by atoms with Crippen molar-refractivity contribution in [3.8, 4) is 0 Å². The van der Waals surface area contributed by atoms with Gasteiger partial charge in [0.1, 0.15) is 0 Å². The highest BCUT2D eigenvalue weighted by Gasteiger charge is 2.64. The molecule has 1 saturated heterocycles. The molecule has 0 spiro atoms. The molecule has 0 aliphatic carbocycles. The molecule has 4 atom stereocenters. The average molecular weight is 524 g/mol. The molecule has 29 heavy (non-hydrogen) atoms. The maximum absolute atomic E-state index is 15.3. The summed E-state index contributed by atoms with van der Waals surface area (Å²) in [6, 6.07) is 0. The molecule has 2 N–H and O–H groups in total. The number of amides is 1. The van der Waals surface area contributed by atoms with Gasteiger partial charge in [0.05, 0.1) is 10.8 Å². The number of carbonyl (C=O) groups excluding carboxylic acids is 1. The summed E-state index contributed by atoms with van der Waals surface area (Å²) in [5, 5.41) is 12.8. The molecule has 0 unspecified atom stereocenters. The Balaban J connectivity index is 2.15. The standard InChI is InChI=1S/C17H23F2IN6O3/c1-8(2)12(27)24-15-22-10(25(4)5)9-11(23-15)26(7-21-9)14-16(3,18)13(28)17(19,6-20)29-14/h7-8,13-14,28H,6H2,1-5H3,(H,22,23,24,27)/t13-,14+,16+,17+/m0/s1. The molecule has 0 aromatic carbocycles. The Bertz CT molecular complexity index is 937. The van der Waals surface area contributed by atoms with Crippen LogP contribution in [-0.2, 0) is 9.53 Å². The number of aliphatic hydroxyl groups excluding tert-OH is 1. The Morgan fingerprint density at radius 2 is 2.10 bits per heavy atom. The highest BCUT2D eigenvalue weighted by Crippen LogP contribution is 2.49. The molecule has 9 nitrogen and oxygen atoms in total. The van der Waals surface area contributed by atoms with Crippen molar-refractivity contribution in [2.75, 3.05) is 28.7 Å². The monoisotopic (exact) mass is 524 g/mol. The molecule has 1 amide bonds. The zero-order valence-corrected chi connectivity index (χ0v) is 18.8. The number of aliphatic hydroxyl groups is 1. The quantitative estimate of drug-likeness (QED) is 0.457. The molecule has 2 aromatic heterocycles. The molecule has 3 heterocycles. The summed E-state index contributed by atoms with van der Waals surface area (Å²) >= 11 is 1.69. The fourth-order valence-electron chi connectivity index (χ4n) is 3.05. The van der Waals surface area contributed by atoms with Crippen molar-refractivity contribution in [2.45, 2.75) is 44.6 Å². The zero-order valence-electron chi connectivity index (χ0n) is 16.7. The van der Waals surface area contributed by atoms with Crippen molar-refractivity contribution >= 4 is 51.4 Å². The number of aromatic nitrogens is 4. The van der Waals surface area contributed by atoms with E-state index < -0.39 is 23.9 Å². The number of carbonyl (C=O) groups is 1. The topological polar surface area (TPSA) is 105 Å². The van der Waals surface area contributed by atoms with E-state index >= 15 is 4.39 Å². The van der Waals surface area contributed by atoms with E-state index in [4.69, 9.17) is 4.74 Å². The first-order valence-corrected chi connectivity index (χ1v) is 10.5. The molecule has 0 radical (unpaired) electrons. The summed E-state index contributed by atoms with van der Waals surface area (Å²) in [4.78, 5) is 26.6. The first-order valence-electron chi connectivity index (χ1n) is 8.94. The van der Waals surface area contributed by atoms with Gasteiger partial charge < -0.3 is 14.7 Å². The second-order valence-corrected chi connectivity index (χ2v) is 8.44. The second kappa shape index (κ2) is 7.54. The van der Waals surface area contributed by atoms with Crippen molar-refractivity contribution in [1.82, 2.24) is 19.5 Å². The number of fused-ring (bicyclic) bond motifs is 1. The number of nitrogens with zero attached hydrogens (tertiary/aromatic N) is 5. The molecule has 2 aromatic rings. The third-order valence-electron chi connectivity index (χ3n) is 4.75. The summed E-state index contributed by atoms with van der Waals surface area (Å²) in [6.07, 6.45) is -2.25. The van der Waals surface area contributed by atoms with E-state index in [0.717, 1.165) is 6.92 Å². The predicted molar refractivity (Wildman–Crippen MR) is 111 cm³/mol. The maximum atomic E-state index is 15.3. The van der Waals surface area contributed by atoms with Gasteiger partial charge in [0.15, 0.2) is 35.0 Å². The van der Waals surface area contributed by atoms with E-state index in [1.807, 2.05) is 0 Å². The van der Waals surface area contributed by atoms with Gasteiger partial charge in [-0.3, -0.25) is 14.7 Å². The molecular formula is C17H23F2IN6O3. The molecule has 160 valence electrons. The molecule has 3 rings (SSSR count). The average Bonchev–Trinajstić information content (AvgIpc) is 3.14. The Morgan fingerprint density at radius 1 is 1.45 bits per heavy atom. The van der Waals surface area contributed by atoms with Crippen LogP contribution in [0.4, 0.5) is 20.5 Å². The van der Waals surface area contributed by atoms with Crippen LogP contribution in [0.15, 0.2) is 6.33 Å². The number of imidazole rings is 1. The summed E-state index contributed by atoms with van der Waals surface area (Å²) in [7, 11) is 3.46. The van der Waals surface area contributed by atoms with Crippen LogP contribution in [0.25, 0.3) is 11.2 Å². The molecule has 12 heteroatoms. The number of hydrogen-bond donors (Lipinski definition) is 2. The smallest absolute Gasteiger partial charge is 0.249 e. The fourth-order valence-corrected chi connectivity index (χ4v) is 3.65. The number of anilines is 2. The molecule has 0 bridgehead atoms. The summed E-state index contributed by atoms with van der Waals surface area (Å²) in [5.41, 5.74) is -1.99. The number of hydrogen-bond acceptors (Lipinski definition) is 7. The maximum Gasteiger partial charge on any atom is 0.249 e. The molecule has 1 aliphatic rings. The van der Waals surface area contributed by atoms with Gasteiger partial charge in [0.25, 0.3) is 0 Å². The molecule has 1 aliphatic heterocycles. The number of alkyl halides is 3. The number of ether oxygens (including phenoxy) is 1. The van der Waals surface area contributed by atoms with Gasteiger partial charge in [-0.05, 0) is 6.92 Å². The van der Waals surface area contributed by atoms with Crippen LogP contribution in [0.3, 0.4) is 0 Å². The first kappa shape index (κ1) is 22.0. The number of nitrogens with one attached hydrogen (secondary N) is 1. The minimum atomic E-state index is -2.56. The van der Waals surface area contributed by atoms with Crippen LogP contribution < -0.4 is 10.2 Å². The van der Waals surface area contributed by atoms with E-state index in [-0.39, 0.29) is 27.8 Å². The first-order chi connectivity index (χ1) is 13.4. The van der Waals surface area contributed by atoms with Gasteiger partial charge in [-0.25, -0.2) is 13.8 Å². The van der Waals surface area contributed by atoms with E-state index in [1.54, 1.807) is 55.4 Å². The van der Waals surface area contributed by atoms with E-state index in [2.05, 4.69) is 20.3 Å². The molecule has 1 fully saturated rings. The lowest BCUT2D eigenvalue weighted by Gasteiger charge is -2.24. The predicted octanol–water partition coefficient (Wildman–Crippen LogP) is 2.21. The van der Waals surface area contributed by atoms with Gasteiger partial charge in [-0.2, -0.15) is 9.97 Å². The van der Waals surface area contributed by atoms with Crippen LogP contribution in [0.5, 0.6) is 0 Å². The number of rotatable bonds is 5. The van der Waals surface area contributed by atoms with Crippen LogP contribution in [-0.4, -0.2) is 66.7 Å². The van der Waals surface area contributed by atoms with Crippen LogP contribution in [0.2, 0.25) is 0 Å². The largest absolute Gasteiger partial charge is 0.384 e. The summed E-state index contributed by atoms with van der Waals surface area (Å²) in [6.45, 7) is 4.51. The van der Waals surface area contributed by atoms with E-state index in [1.165, 1.54) is 10.9 Å². The Kier molecular flexibility index (Phi) is 5.73. The van der Waals surface area contributed by atoms with Crippen LogP contribution >= 0.6 is 22.6 Å². The van der Waals surface area contributed by atoms with Crippen molar-refractivity contribution in [3.05, 3.63) is 6.33 Å². The second-order valence-electron chi connectivity index (χ2n) is 7.68.